The van der Waals surface area contributed by atoms with Gasteiger partial charge in [-0.15, -0.1) is 0 Å². The summed E-state index contributed by atoms with van der Waals surface area (Å²) < 4.78 is 5.78. The molecular formula is C19H20N4O3. The van der Waals surface area contributed by atoms with Crippen LogP contribution in [-0.4, -0.2) is 20.5 Å². The Labute approximate surface area is 151 Å². The highest BCUT2D eigenvalue weighted by Crippen LogP contribution is 2.31. The van der Waals surface area contributed by atoms with Crippen LogP contribution < -0.4 is 10.1 Å². The van der Waals surface area contributed by atoms with Crippen molar-refractivity contribution in [2.45, 2.75) is 32.9 Å². The standard InChI is InChI=1S/C19H20N4O3/c1-19(2,3)26-18-10-13(6-9-21-18)11-22-16-4-5-17(23(24)25)15-12-20-8-7-14(15)16/h4-10,12,22H,11H2,1-3H3. The summed E-state index contributed by atoms with van der Waals surface area (Å²) in [5.41, 5.74) is 1.53. The molecule has 134 valence electrons. The number of nitro groups is 1. The third kappa shape index (κ3) is 4.05. The molecule has 1 aromatic carbocycles. The zero-order valence-corrected chi connectivity index (χ0v) is 14.9. The molecule has 7 heteroatoms. The molecule has 26 heavy (non-hydrogen) atoms. The van der Waals surface area contributed by atoms with Gasteiger partial charge in [-0.3, -0.25) is 15.1 Å². The summed E-state index contributed by atoms with van der Waals surface area (Å²) in [6.45, 7) is 6.45. The van der Waals surface area contributed by atoms with Crippen LogP contribution in [0, 0.1) is 10.1 Å². The van der Waals surface area contributed by atoms with Gasteiger partial charge in [0.1, 0.15) is 5.60 Å². The fraction of sp³-hybridized carbons (Fsp3) is 0.263. The van der Waals surface area contributed by atoms with E-state index in [1.165, 1.54) is 12.3 Å². The van der Waals surface area contributed by atoms with Crippen molar-refractivity contribution in [3.8, 4) is 5.88 Å². The number of rotatable bonds is 5. The minimum Gasteiger partial charge on any atom is -0.472 e. The number of pyridine rings is 2. The molecule has 0 spiro atoms. The molecule has 0 unspecified atom stereocenters. The molecule has 0 bridgehead atoms. The molecule has 0 atom stereocenters. The number of non-ortho nitro benzene ring substituents is 1. The maximum atomic E-state index is 11.2. The predicted molar refractivity (Wildman–Crippen MR) is 100 cm³/mol. The molecule has 0 aliphatic rings. The molecule has 2 heterocycles. The van der Waals surface area contributed by atoms with E-state index in [9.17, 15) is 10.1 Å². The number of anilines is 1. The van der Waals surface area contributed by atoms with E-state index in [0.29, 0.717) is 17.8 Å². The first-order valence-electron chi connectivity index (χ1n) is 8.22. The van der Waals surface area contributed by atoms with Crippen LogP contribution in [0.4, 0.5) is 11.4 Å². The van der Waals surface area contributed by atoms with E-state index in [4.69, 9.17) is 4.74 Å². The molecule has 1 N–H and O–H groups in total. The SMILES string of the molecule is CC(C)(C)Oc1cc(CNc2ccc([N+](=O)[O-])c3cnccc23)ccn1. The summed E-state index contributed by atoms with van der Waals surface area (Å²) in [7, 11) is 0. The van der Waals surface area contributed by atoms with E-state index in [0.717, 1.165) is 16.6 Å². The smallest absolute Gasteiger partial charge is 0.278 e. The van der Waals surface area contributed by atoms with Crippen LogP contribution in [0.3, 0.4) is 0 Å². The second-order valence-corrected chi connectivity index (χ2v) is 6.88. The first-order valence-corrected chi connectivity index (χ1v) is 8.22. The summed E-state index contributed by atoms with van der Waals surface area (Å²) in [5, 5.41) is 15.8. The van der Waals surface area contributed by atoms with Gasteiger partial charge in [0, 0.05) is 48.3 Å². The molecule has 0 aliphatic carbocycles. The average molecular weight is 352 g/mol. The number of benzene rings is 1. The lowest BCUT2D eigenvalue weighted by Gasteiger charge is -2.20. The van der Waals surface area contributed by atoms with Crippen LogP contribution in [0.25, 0.3) is 10.8 Å². The first-order chi connectivity index (χ1) is 12.3. The summed E-state index contributed by atoms with van der Waals surface area (Å²) in [5.74, 6) is 0.564. The molecule has 0 radical (unpaired) electrons. The van der Waals surface area contributed by atoms with E-state index >= 15 is 0 Å². The first kappa shape index (κ1) is 17.6. The van der Waals surface area contributed by atoms with Crippen molar-refractivity contribution in [1.29, 1.82) is 0 Å². The zero-order chi connectivity index (χ0) is 18.7. The molecular weight excluding hydrogens is 332 g/mol. The van der Waals surface area contributed by atoms with E-state index in [-0.39, 0.29) is 11.3 Å². The normalized spacial score (nSPS) is 11.3. The molecule has 3 rings (SSSR count). The molecule has 0 fully saturated rings. The second-order valence-electron chi connectivity index (χ2n) is 6.88. The van der Waals surface area contributed by atoms with Gasteiger partial charge in [-0.2, -0.15) is 0 Å². The topological polar surface area (TPSA) is 90.2 Å². The van der Waals surface area contributed by atoms with Gasteiger partial charge in [-0.1, -0.05) is 0 Å². The van der Waals surface area contributed by atoms with Crippen LogP contribution in [0.2, 0.25) is 0 Å². The highest BCUT2D eigenvalue weighted by atomic mass is 16.6. The Hall–Kier alpha value is -3.22. The minimum absolute atomic E-state index is 0.0448. The lowest BCUT2D eigenvalue weighted by molar-refractivity contribution is -0.383. The molecule has 0 saturated heterocycles. The van der Waals surface area contributed by atoms with Gasteiger partial charge in [-0.05, 0) is 44.5 Å². The maximum absolute atomic E-state index is 11.2. The van der Waals surface area contributed by atoms with Crippen molar-refractivity contribution in [2.24, 2.45) is 0 Å². The quantitative estimate of drug-likeness (QED) is 0.543. The van der Waals surface area contributed by atoms with E-state index in [1.807, 2.05) is 32.9 Å². The molecule has 0 aliphatic heterocycles. The Morgan fingerprint density at radius 1 is 1.15 bits per heavy atom. The Kier molecular flexibility index (Phi) is 4.71. The average Bonchev–Trinajstić information content (AvgIpc) is 2.58. The van der Waals surface area contributed by atoms with Gasteiger partial charge in [0.15, 0.2) is 0 Å². The zero-order valence-electron chi connectivity index (χ0n) is 14.9. The predicted octanol–water partition coefficient (Wildman–Crippen LogP) is 4.33. The van der Waals surface area contributed by atoms with Crippen molar-refractivity contribution in [3.63, 3.8) is 0 Å². The van der Waals surface area contributed by atoms with E-state index in [1.54, 1.807) is 24.5 Å². The maximum Gasteiger partial charge on any atom is 0.278 e. The number of aromatic nitrogens is 2. The Morgan fingerprint density at radius 2 is 1.96 bits per heavy atom. The lowest BCUT2D eigenvalue weighted by Crippen LogP contribution is -2.23. The molecule has 2 aromatic heterocycles. The van der Waals surface area contributed by atoms with Crippen molar-refractivity contribution >= 4 is 22.1 Å². The number of hydrogen-bond donors (Lipinski definition) is 1. The minimum atomic E-state index is -0.396. The van der Waals surface area contributed by atoms with Crippen LogP contribution in [0.15, 0.2) is 48.9 Å². The Balaban J connectivity index is 1.84. The molecule has 0 amide bonds. The highest BCUT2D eigenvalue weighted by molar-refractivity contribution is 5.99. The van der Waals surface area contributed by atoms with E-state index < -0.39 is 4.92 Å². The molecule has 7 nitrogen and oxygen atoms in total. The fourth-order valence-electron chi connectivity index (χ4n) is 2.62. The molecule has 3 aromatic rings. The summed E-state index contributed by atoms with van der Waals surface area (Å²) in [4.78, 5) is 19.0. The van der Waals surface area contributed by atoms with Gasteiger partial charge in [-0.25, -0.2) is 4.98 Å². The van der Waals surface area contributed by atoms with Crippen LogP contribution in [-0.2, 0) is 6.54 Å². The number of nitrogens with one attached hydrogen (secondary N) is 1. The summed E-state index contributed by atoms with van der Waals surface area (Å²) >= 11 is 0. The summed E-state index contributed by atoms with van der Waals surface area (Å²) in [6.07, 6.45) is 4.84. The Morgan fingerprint density at radius 3 is 2.69 bits per heavy atom. The van der Waals surface area contributed by atoms with Gasteiger partial charge in [0.25, 0.3) is 5.69 Å². The summed E-state index contributed by atoms with van der Waals surface area (Å²) in [6, 6.07) is 8.76. The van der Waals surface area contributed by atoms with Gasteiger partial charge in [0.2, 0.25) is 5.88 Å². The third-order valence-electron chi connectivity index (χ3n) is 3.68. The van der Waals surface area contributed by atoms with Gasteiger partial charge >= 0.3 is 0 Å². The Bertz CT molecular complexity index is 951. The lowest BCUT2D eigenvalue weighted by atomic mass is 10.1. The van der Waals surface area contributed by atoms with Crippen molar-refractivity contribution < 1.29 is 9.66 Å². The van der Waals surface area contributed by atoms with Crippen LogP contribution in [0.5, 0.6) is 5.88 Å². The largest absolute Gasteiger partial charge is 0.472 e. The van der Waals surface area contributed by atoms with Crippen LogP contribution >= 0.6 is 0 Å². The fourth-order valence-corrected chi connectivity index (χ4v) is 2.62. The number of fused-ring (bicyclic) bond motifs is 1. The van der Waals surface area contributed by atoms with Crippen LogP contribution in [0.1, 0.15) is 26.3 Å². The van der Waals surface area contributed by atoms with Crippen molar-refractivity contribution in [3.05, 3.63) is 64.6 Å². The second kappa shape index (κ2) is 6.95. The van der Waals surface area contributed by atoms with E-state index in [2.05, 4.69) is 15.3 Å². The third-order valence-corrected chi connectivity index (χ3v) is 3.68. The monoisotopic (exact) mass is 352 g/mol. The molecule has 0 saturated carbocycles. The van der Waals surface area contributed by atoms with Gasteiger partial charge < -0.3 is 10.1 Å². The highest BCUT2D eigenvalue weighted by Gasteiger charge is 2.15. The number of nitrogens with zero attached hydrogens (tertiary/aromatic N) is 3. The van der Waals surface area contributed by atoms with Gasteiger partial charge in [0.05, 0.1) is 10.3 Å². The number of nitro benzene ring substituents is 1. The van der Waals surface area contributed by atoms with Crippen molar-refractivity contribution in [2.75, 3.05) is 5.32 Å². The number of ether oxygens (including phenoxy) is 1. The van der Waals surface area contributed by atoms with Crippen molar-refractivity contribution in [1.82, 2.24) is 9.97 Å². The number of hydrogen-bond acceptors (Lipinski definition) is 6.